The molecule has 0 saturated carbocycles. The molecular formula is C25H27N3O6. The summed E-state index contributed by atoms with van der Waals surface area (Å²) in [6.07, 6.45) is 2.90. The number of aryl methyl sites for hydroxylation is 1. The van der Waals surface area contributed by atoms with E-state index in [0.29, 0.717) is 55.7 Å². The second-order valence-electron chi connectivity index (χ2n) is 8.42. The average Bonchev–Trinajstić information content (AvgIpc) is 3.23. The number of cyclic esters (lactones) is 1. The van der Waals surface area contributed by atoms with Gasteiger partial charge in [-0.3, -0.25) is 9.88 Å². The Morgan fingerprint density at radius 2 is 2.03 bits per heavy atom. The summed E-state index contributed by atoms with van der Waals surface area (Å²) in [6.45, 7) is 1.38. The molecule has 34 heavy (non-hydrogen) atoms. The largest absolute Gasteiger partial charge is 0.486 e. The predicted octanol–water partition coefficient (Wildman–Crippen LogP) is 3.51. The number of aliphatic hydroxyl groups excluding tert-OH is 1. The molecule has 1 saturated heterocycles. The summed E-state index contributed by atoms with van der Waals surface area (Å²) in [6, 6.07) is 11.0. The lowest BCUT2D eigenvalue weighted by molar-refractivity contribution is 0.0792. The molecule has 0 bridgehead atoms. The molecule has 3 aromatic rings. The topological polar surface area (TPSA) is 103 Å². The van der Waals surface area contributed by atoms with Crippen molar-refractivity contribution in [2.45, 2.75) is 37.9 Å². The minimum absolute atomic E-state index is 0.372. The molecule has 178 valence electrons. The van der Waals surface area contributed by atoms with Gasteiger partial charge in [0.1, 0.15) is 19.3 Å². The van der Waals surface area contributed by atoms with E-state index >= 15 is 0 Å². The van der Waals surface area contributed by atoms with Crippen LogP contribution in [0.25, 0.3) is 11.0 Å². The molecule has 1 fully saturated rings. The van der Waals surface area contributed by atoms with Crippen LogP contribution in [0.15, 0.2) is 42.6 Å². The van der Waals surface area contributed by atoms with Crippen LogP contribution in [0.1, 0.15) is 24.8 Å². The maximum absolute atomic E-state index is 12.4. The van der Waals surface area contributed by atoms with Crippen molar-refractivity contribution in [2.24, 2.45) is 0 Å². The number of hydrogen-bond acceptors (Lipinski definition) is 8. The van der Waals surface area contributed by atoms with Crippen LogP contribution in [0.4, 0.5) is 10.5 Å². The summed E-state index contributed by atoms with van der Waals surface area (Å²) < 4.78 is 21.9. The van der Waals surface area contributed by atoms with Crippen molar-refractivity contribution in [3.05, 3.63) is 48.2 Å². The molecular weight excluding hydrogens is 438 g/mol. The first-order valence-electron chi connectivity index (χ1n) is 11.4. The number of benzene rings is 1. The Bertz CT molecular complexity index is 1190. The number of amides is 1. The van der Waals surface area contributed by atoms with Crippen molar-refractivity contribution in [1.82, 2.24) is 9.97 Å². The summed E-state index contributed by atoms with van der Waals surface area (Å²) in [7, 11) is 1.59. The van der Waals surface area contributed by atoms with Crippen LogP contribution in [0.2, 0.25) is 0 Å². The third kappa shape index (κ3) is 4.70. The Kier molecular flexibility index (Phi) is 6.35. The number of fused-ring (bicyclic) bond motifs is 2. The zero-order chi connectivity index (χ0) is 23.5. The lowest BCUT2D eigenvalue weighted by atomic mass is 10.0. The van der Waals surface area contributed by atoms with Gasteiger partial charge in [-0.1, -0.05) is 0 Å². The third-order valence-electron chi connectivity index (χ3n) is 6.08. The lowest BCUT2D eigenvalue weighted by Gasteiger charge is -2.21. The zero-order valence-electron chi connectivity index (χ0n) is 19.0. The van der Waals surface area contributed by atoms with E-state index in [-0.39, 0.29) is 6.10 Å². The fraction of sp³-hybridized carbons (Fsp3) is 0.400. The normalized spacial score (nSPS) is 18.1. The zero-order valence-corrected chi connectivity index (χ0v) is 19.0. The van der Waals surface area contributed by atoms with E-state index in [1.54, 1.807) is 36.4 Å². The molecule has 2 atom stereocenters. The molecule has 2 aliphatic heterocycles. The molecule has 0 aliphatic carbocycles. The van der Waals surface area contributed by atoms with E-state index in [9.17, 15) is 9.90 Å². The molecule has 2 aliphatic rings. The minimum atomic E-state index is -0.575. The van der Waals surface area contributed by atoms with Crippen molar-refractivity contribution < 1.29 is 28.8 Å². The molecule has 1 amide bonds. The molecule has 1 N–H and O–H groups in total. The van der Waals surface area contributed by atoms with Gasteiger partial charge in [0.15, 0.2) is 11.5 Å². The second-order valence-corrected chi connectivity index (χ2v) is 8.42. The van der Waals surface area contributed by atoms with Crippen LogP contribution in [0.5, 0.6) is 17.4 Å². The van der Waals surface area contributed by atoms with Crippen LogP contribution in [-0.4, -0.2) is 60.2 Å². The number of aromatic nitrogens is 2. The van der Waals surface area contributed by atoms with E-state index in [2.05, 4.69) is 9.97 Å². The number of pyridine rings is 2. The monoisotopic (exact) mass is 465 g/mol. The van der Waals surface area contributed by atoms with E-state index in [1.807, 2.05) is 18.2 Å². The van der Waals surface area contributed by atoms with E-state index < -0.39 is 12.2 Å². The summed E-state index contributed by atoms with van der Waals surface area (Å²) >= 11 is 0. The van der Waals surface area contributed by atoms with Gasteiger partial charge in [0.05, 0.1) is 36.5 Å². The van der Waals surface area contributed by atoms with Gasteiger partial charge >= 0.3 is 6.09 Å². The second kappa shape index (κ2) is 9.72. The first-order valence-corrected chi connectivity index (χ1v) is 11.4. The maximum Gasteiger partial charge on any atom is 0.414 e. The maximum atomic E-state index is 12.4. The number of anilines is 1. The SMILES string of the molecule is COc1ccc2nccc(CCC[C@@H](O)C[C@H]3CN(c4ccc5c(c4)OCCO5)C(=O)O3)c2n1. The summed E-state index contributed by atoms with van der Waals surface area (Å²) in [4.78, 5) is 22.9. The van der Waals surface area contributed by atoms with Gasteiger partial charge in [-0.15, -0.1) is 0 Å². The molecule has 9 nitrogen and oxygen atoms in total. The van der Waals surface area contributed by atoms with Crippen LogP contribution in [0.3, 0.4) is 0 Å². The highest BCUT2D eigenvalue weighted by molar-refractivity contribution is 5.90. The van der Waals surface area contributed by atoms with Crippen molar-refractivity contribution in [3.8, 4) is 17.4 Å². The fourth-order valence-electron chi connectivity index (χ4n) is 4.38. The Balaban J connectivity index is 1.15. The quantitative estimate of drug-likeness (QED) is 0.539. The number of methoxy groups -OCH3 is 1. The summed E-state index contributed by atoms with van der Waals surface area (Å²) in [5, 5.41) is 10.6. The standard InChI is InChI=1S/C25H27N3O6/c1-31-23-8-6-20-24(27-23)16(9-10-26-20)3-2-4-18(29)14-19-15-28(25(30)34-19)17-5-7-21-22(13-17)33-12-11-32-21/h5-10,13,18-19,29H,2-4,11-12,14-15H2,1H3/t18-,19+/m1/s1. The highest BCUT2D eigenvalue weighted by Gasteiger charge is 2.34. The van der Waals surface area contributed by atoms with E-state index in [1.165, 1.54) is 0 Å². The molecule has 0 unspecified atom stereocenters. The predicted molar refractivity (Wildman–Crippen MR) is 125 cm³/mol. The number of aliphatic hydroxyl groups is 1. The van der Waals surface area contributed by atoms with Crippen molar-refractivity contribution in [3.63, 3.8) is 0 Å². The third-order valence-corrected chi connectivity index (χ3v) is 6.08. The van der Waals surface area contributed by atoms with Gasteiger partial charge in [0, 0.05) is 24.8 Å². The first-order chi connectivity index (χ1) is 16.6. The van der Waals surface area contributed by atoms with E-state index in [0.717, 1.165) is 29.4 Å². The van der Waals surface area contributed by atoms with Crippen molar-refractivity contribution in [1.29, 1.82) is 0 Å². The van der Waals surface area contributed by atoms with Crippen LogP contribution < -0.4 is 19.1 Å². The van der Waals surface area contributed by atoms with Gasteiger partial charge in [0.2, 0.25) is 5.88 Å². The molecule has 9 heteroatoms. The van der Waals surface area contributed by atoms with Crippen LogP contribution >= 0.6 is 0 Å². The van der Waals surface area contributed by atoms with E-state index in [4.69, 9.17) is 18.9 Å². The van der Waals surface area contributed by atoms with Gasteiger partial charge in [-0.25, -0.2) is 9.78 Å². The van der Waals surface area contributed by atoms with Crippen molar-refractivity contribution >= 4 is 22.8 Å². The fourth-order valence-corrected chi connectivity index (χ4v) is 4.38. The Morgan fingerprint density at radius 3 is 2.88 bits per heavy atom. The summed E-state index contributed by atoms with van der Waals surface area (Å²) in [5.74, 6) is 1.84. The highest BCUT2D eigenvalue weighted by atomic mass is 16.6. The number of rotatable bonds is 8. The number of nitrogens with zero attached hydrogens (tertiary/aromatic N) is 3. The van der Waals surface area contributed by atoms with Crippen molar-refractivity contribution in [2.75, 3.05) is 31.8 Å². The van der Waals surface area contributed by atoms with Crippen LogP contribution in [-0.2, 0) is 11.2 Å². The molecule has 0 radical (unpaired) electrons. The summed E-state index contributed by atoms with van der Waals surface area (Å²) in [5.41, 5.74) is 3.39. The molecule has 0 spiro atoms. The smallest absolute Gasteiger partial charge is 0.414 e. The molecule has 5 rings (SSSR count). The molecule has 1 aromatic carbocycles. The lowest BCUT2D eigenvalue weighted by Crippen LogP contribution is -2.26. The Morgan fingerprint density at radius 1 is 1.18 bits per heavy atom. The Hall–Kier alpha value is -3.59. The first kappa shape index (κ1) is 22.2. The van der Waals surface area contributed by atoms with Crippen LogP contribution in [0, 0.1) is 0 Å². The Labute approximate surface area is 197 Å². The number of carbonyl (C=O) groups excluding carboxylic acids is 1. The number of hydrogen-bond donors (Lipinski definition) is 1. The van der Waals surface area contributed by atoms with Gasteiger partial charge in [-0.05, 0) is 49.1 Å². The average molecular weight is 466 g/mol. The van der Waals surface area contributed by atoms with Gasteiger partial charge in [0.25, 0.3) is 0 Å². The van der Waals surface area contributed by atoms with Gasteiger partial charge < -0.3 is 24.1 Å². The molecule has 2 aromatic heterocycles. The van der Waals surface area contributed by atoms with Gasteiger partial charge in [-0.2, -0.15) is 0 Å². The minimum Gasteiger partial charge on any atom is -0.486 e. The highest BCUT2D eigenvalue weighted by Crippen LogP contribution is 2.35. The number of carbonyl (C=O) groups is 1. The molecule has 4 heterocycles. The number of ether oxygens (including phenoxy) is 4.